The summed E-state index contributed by atoms with van der Waals surface area (Å²) in [5, 5.41) is 17.7. The second-order valence-electron chi connectivity index (χ2n) is 5.29. The SMILES string of the molecule is CC(C)Oc1cc(NC2CCCNC2)ccc1[N+](=O)[O-]. The third-order valence-corrected chi connectivity index (χ3v) is 3.19. The molecular formula is C14H21N3O3. The second-order valence-corrected chi connectivity index (χ2v) is 5.29. The van der Waals surface area contributed by atoms with E-state index < -0.39 is 4.92 Å². The Bertz CT molecular complexity index is 471. The molecule has 0 bridgehead atoms. The molecule has 1 fully saturated rings. The molecule has 0 aromatic heterocycles. The summed E-state index contributed by atoms with van der Waals surface area (Å²) in [5.74, 6) is 0.318. The molecule has 0 saturated carbocycles. The Balaban J connectivity index is 2.15. The lowest BCUT2D eigenvalue weighted by Crippen LogP contribution is -2.38. The number of anilines is 1. The largest absolute Gasteiger partial charge is 0.484 e. The fourth-order valence-corrected chi connectivity index (χ4v) is 2.31. The van der Waals surface area contributed by atoms with Crippen molar-refractivity contribution in [1.29, 1.82) is 0 Å². The number of nitrogens with one attached hydrogen (secondary N) is 2. The molecule has 1 atom stereocenters. The van der Waals surface area contributed by atoms with Crippen molar-refractivity contribution in [1.82, 2.24) is 5.32 Å². The Labute approximate surface area is 118 Å². The van der Waals surface area contributed by atoms with Gasteiger partial charge in [-0.3, -0.25) is 10.1 Å². The van der Waals surface area contributed by atoms with Gasteiger partial charge in [0.1, 0.15) is 0 Å². The summed E-state index contributed by atoms with van der Waals surface area (Å²) in [7, 11) is 0. The zero-order valence-electron chi connectivity index (χ0n) is 11.9. The van der Waals surface area contributed by atoms with Gasteiger partial charge in [0, 0.05) is 30.4 Å². The molecule has 0 aliphatic carbocycles. The van der Waals surface area contributed by atoms with Crippen molar-refractivity contribution in [3.8, 4) is 5.75 Å². The maximum atomic E-state index is 11.0. The highest BCUT2D eigenvalue weighted by Gasteiger charge is 2.18. The molecule has 2 rings (SSSR count). The van der Waals surface area contributed by atoms with E-state index >= 15 is 0 Å². The van der Waals surface area contributed by atoms with Gasteiger partial charge in [-0.25, -0.2) is 0 Å². The van der Waals surface area contributed by atoms with Gasteiger partial charge in [0.2, 0.25) is 0 Å². The fraction of sp³-hybridized carbons (Fsp3) is 0.571. The van der Waals surface area contributed by atoms with Gasteiger partial charge in [0.25, 0.3) is 0 Å². The van der Waals surface area contributed by atoms with Crippen LogP contribution in [0.4, 0.5) is 11.4 Å². The van der Waals surface area contributed by atoms with Gasteiger partial charge in [0.05, 0.1) is 11.0 Å². The third-order valence-electron chi connectivity index (χ3n) is 3.19. The zero-order chi connectivity index (χ0) is 14.5. The van der Waals surface area contributed by atoms with E-state index in [2.05, 4.69) is 10.6 Å². The van der Waals surface area contributed by atoms with E-state index in [4.69, 9.17) is 4.74 Å². The molecule has 0 amide bonds. The first-order chi connectivity index (χ1) is 9.56. The second kappa shape index (κ2) is 6.56. The van der Waals surface area contributed by atoms with Crippen LogP contribution in [-0.4, -0.2) is 30.2 Å². The molecule has 1 aromatic rings. The molecular weight excluding hydrogens is 258 g/mol. The molecule has 1 saturated heterocycles. The first-order valence-corrected chi connectivity index (χ1v) is 6.98. The molecule has 0 spiro atoms. The van der Waals surface area contributed by atoms with Gasteiger partial charge in [-0.1, -0.05) is 0 Å². The van der Waals surface area contributed by atoms with E-state index in [1.54, 1.807) is 12.1 Å². The summed E-state index contributed by atoms with van der Waals surface area (Å²) in [6.07, 6.45) is 2.14. The van der Waals surface area contributed by atoms with Crippen LogP contribution in [0.2, 0.25) is 0 Å². The van der Waals surface area contributed by atoms with E-state index in [9.17, 15) is 10.1 Å². The van der Waals surface area contributed by atoms with E-state index in [1.165, 1.54) is 6.07 Å². The number of benzene rings is 1. The molecule has 20 heavy (non-hydrogen) atoms. The number of nitro groups is 1. The Hall–Kier alpha value is -1.82. The van der Waals surface area contributed by atoms with Gasteiger partial charge in [-0.15, -0.1) is 0 Å². The van der Waals surface area contributed by atoms with E-state index in [1.807, 2.05) is 13.8 Å². The maximum absolute atomic E-state index is 11.0. The predicted molar refractivity (Wildman–Crippen MR) is 78.4 cm³/mol. The van der Waals surface area contributed by atoms with Gasteiger partial charge in [0.15, 0.2) is 5.75 Å². The van der Waals surface area contributed by atoms with E-state index in [0.29, 0.717) is 11.8 Å². The highest BCUT2D eigenvalue weighted by molar-refractivity contribution is 5.58. The average molecular weight is 279 g/mol. The lowest BCUT2D eigenvalue weighted by atomic mass is 10.1. The normalized spacial score (nSPS) is 18.9. The lowest BCUT2D eigenvalue weighted by molar-refractivity contribution is -0.386. The summed E-state index contributed by atoms with van der Waals surface area (Å²) in [4.78, 5) is 10.6. The fourth-order valence-electron chi connectivity index (χ4n) is 2.31. The number of hydrogen-bond acceptors (Lipinski definition) is 5. The molecule has 6 heteroatoms. The molecule has 1 unspecified atom stereocenters. The van der Waals surface area contributed by atoms with Gasteiger partial charge in [-0.2, -0.15) is 0 Å². The maximum Gasteiger partial charge on any atom is 0.311 e. The number of nitro benzene ring substituents is 1. The van der Waals surface area contributed by atoms with Crippen molar-refractivity contribution in [2.24, 2.45) is 0 Å². The first-order valence-electron chi connectivity index (χ1n) is 6.98. The van der Waals surface area contributed by atoms with Crippen LogP contribution >= 0.6 is 0 Å². The summed E-state index contributed by atoms with van der Waals surface area (Å²) in [6, 6.07) is 5.31. The quantitative estimate of drug-likeness (QED) is 0.640. The summed E-state index contributed by atoms with van der Waals surface area (Å²) in [6.45, 7) is 5.68. The zero-order valence-corrected chi connectivity index (χ0v) is 11.9. The standard InChI is InChI=1S/C14H21N3O3/c1-10(2)20-14-8-11(5-6-13(14)17(18)19)16-12-4-3-7-15-9-12/h5-6,8,10,12,15-16H,3-4,7,9H2,1-2H3. The van der Waals surface area contributed by atoms with Gasteiger partial charge in [-0.05, 0) is 39.3 Å². The lowest BCUT2D eigenvalue weighted by Gasteiger charge is -2.25. The predicted octanol–water partition coefficient (Wildman–Crippen LogP) is 2.55. The highest BCUT2D eigenvalue weighted by atomic mass is 16.6. The molecule has 0 radical (unpaired) electrons. The van der Waals surface area contributed by atoms with Crippen LogP contribution in [0.5, 0.6) is 5.75 Å². The number of hydrogen-bond donors (Lipinski definition) is 2. The molecule has 6 nitrogen and oxygen atoms in total. The monoisotopic (exact) mass is 279 g/mol. The topological polar surface area (TPSA) is 76.4 Å². The molecule has 2 N–H and O–H groups in total. The number of rotatable bonds is 5. The summed E-state index contributed by atoms with van der Waals surface area (Å²) in [5.41, 5.74) is 0.867. The smallest absolute Gasteiger partial charge is 0.311 e. The Morgan fingerprint density at radius 3 is 2.90 bits per heavy atom. The minimum Gasteiger partial charge on any atom is -0.484 e. The van der Waals surface area contributed by atoms with Crippen LogP contribution in [0.15, 0.2) is 18.2 Å². The van der Waals surface area contributed by atoms with E-state index in [-0.39, 0.29) is 11.8 Å². The van der Waals surface area contributed by atoms with Crippen LogP contribution in [-0.2, 0) is 0 Å². The third kappa shape index (κ3) is 3.84. The van der Waals surface area contributed by atoms with Crippen molar-refractivity contribution in [3.05, 3.63) is 28.3 Å². The summed E-state index contributed by atoms with van der Waals surface area (Å²) < 4.78 is 5.54. The summed E-state index contributed by atoms with van der Waals surface area (Å²) >= 11 is 0. The van der Waals surface area contributed by atoms with Crippen LogP contribution in [0.1, 0.15) is 26.7 Å². The van der Waals surface area contributed by atoms with Gasteiger partial charge < -0.3 is 15.4 Å². The minimum absolute atomic E-state index is 0.00557. The van der Waals surface area contributed by atoms with Crippen LogP contribution in [0.25, 0.3) is 0 Å². The number of nitrogens with zero attached hydrogens (tertiary/aromatic N) is 1. The minimum atomic E-state index is -0.413. The first kappa shape index (κ1) is 14.6. The molecule has 1 heterocycles. The van der Waals surface area contributed by atoms with Crippen molar-refractivity contribution in [2.75, 3.05) is 18.4 Å². The van der Waals surface area contributed by atoms with Gasteiger partial charge >= 0.3 is 5.69 Å². The number of piperidine rings is 1. The Kier molecular flexibility index (Phi) is 4.79. The van der Waals surface area contributed by atoms with E-state index in [0.717, 1.165) is 31.6 Å². The van der Waals surface area contributed by atoms with Crippen molar-refractivity contribution >= 4 is 11.4 Å². The molecule has 110 valence electrons. The highest BCUT2D eigenvalue weighted by Crippen LogP contribution is 2.31. The van der Waals surface area contributed by atoms with Crippen LogP contribution in [0.3, 0.4) is 0 Å². The van der Waals surface area contributed by atoms with Crippen LogP contribution < -0.4 is 15.4 Å². The van der Waals surface area contributed by atoms with Crippen molar-refractivity contribution in [2.45, 2.75) is 38.8 Å². The number of ether oxygens (including phenoxy) is 1. The molecule has 1 aliphatic rings. The average Bonchev–Trinajstić information content (AvgIpc) is 2.39. The Morgan fingerprint density at radius 1 is 1.50 bits per heavy atom. The van der Waals surface area contributed by atoms with Crippen LogP contribution in [0, 0.1) is 10.1 Å². The Morgan fingerprint density at radius 2 is 2.30 bits per heavy atom. The van der Waals surface area contributed by atoms with Crippen molar-refractivity contribution in [3.63, 3.8) is 0 Å². The van der Waals surface area contributed by atoms with Crippen molar-refractivity contribution < 1.29 is 9.66 Å². The molecule has 1 aliphatic heterocycles. The molecule has 1 aromatic carbocycles.